The maximum absolute atomic E-state index is 6.45. The smallest absolute Gasteiger partial charge is 0.490 e. The van der Waals surface area contributed by atoms with Gasteiger partial charge in [0, 0.05) is 5.30 Å². The molecule has 0 saturated carbocycles. The molecule has 0 heterocycles. The van der Waals surface area contributed by atoms with E-state index < -0.39 is 7.32 Å². The molecular formula is C30H24BO3P. The van der Waals surface area contributed by atoms with Crippen LogP contribution in [0.15, 0.2) is 140 Å². The van der Waals surface area contributed by atoms with Gasteiger partial charge in [0.1, 0.15) is 17.2 Å². The monoisotopic (exact) mass is 474 g/mol. The molecular weight excluding hydrogens is 450 g/mol. The topological polar surface area (TPSA) is 27.7 Å². The quantitative estimate of drug-likeness (QED) is 0.180. The van der Waals surface area contributed by atoms with Crippen molar-refractivity contribution in [2.24, 2.45) is 0 Å². The van der Waals surface area contributed by atoms with Gasteiger partial charge in [-0.2, -0.15) is 0 Å². The fraction of sp³-hybridized carbons (Fsp3) is 0. The molecule has 0 radical (unpaired) electrons. The Kier molecular flexibility index (Phi) is 7.43. The van der Waals surface area contributed by atoms with E-state index in [1.54, 1.807) is 0 Å². The van der Waals surface area contributed by atoms with E-state index in [-0.39, 0.29) is 0 Å². The fourth-order valence-electron chi connectivity index (χ4n) is 3.68. The van der Waals surface area contributed by atoms with Crippen LogP contribution in [0.2, 0.25) is 0 Å². The Morgan fingerprint density at radius 3 is 1.54 bits per heavy atom. The summed E-state index contributed by atoms with van der Waals surface area (Å²) in [6.45, 7) is 0. The summed E-state index contributed by atoms with van der Waals surface area (Å²) in [5.74, 6) is 2.06. The van der Waals surface area contributed by atoms with E-state index in [4.69, 9.17) is 14.0 Å². The molecule has 5 aromatic rings. The highest BCUT2D eigenvalue weighted by Crippen LogP contribution is 2.30. The van der Waals surface area contributed by atoms with Crippen LogP contribution in [0.3, 0.4) is 0 Å². The minimum atomic E-state index is -0.967. The van der Waals surface area contributed by atoms with Crippen molar-refractivity contribution in [1.82, 2.24) is 0 Å². The van der Waals surface area contributed by atoms with Crippen molar-refractivity contribution in [1.29, 1.82) is 0 Å². The van der Waals surface area contributed by atoms with Gasteiger partial charge in [-0.15, -0.1) is 0 Å². The number of hydrogen-bond donors (Lipinski definition) is 0. The predicted molar refractivity (Wildman–Crippen MR) is 146 cm³/mol. The van der Waals surface area contributed by atoms with E-state index in [1.807, 2.05) is 84.9 Å². The van der Waals surface area contributed by atoms with E-state index in [0.717, 1.165) is 22.2 Å². The van der Waals surface area contributed by atoms with Crippen LogP contribution < -0.4 is 24.6 Å². The maximum atomic E-state index is 6.45. The van der Waals surface area contributed by atoms with Gasteiger partial charge in [0.05, 0.1) is 0 Å². The van der Waals surface area contributed by atoms with Crippen LogP contribution in [0, 0.1) is 0 Å². The first-order valence-corrected chi connectivity index (χ1v) is 12.5. The summed E-state index contributed by atoms with van der Waals surface area (Å²) < 4.78 is 18.7. The lowest BCUT2D eigenvalue weighted by Crippen LogP contribution is -2.38. The van der Waals surface area contributed by atoms with Crippen LogP contribution in [0.25, 0.3) is 11.1 Å². The van der Waals surface area contributed by atoms with Crippen LogP contribution in [-0.2, 0) is 0 Å². The molecule has 0 aliphatic rings. The second-order valence-corrected chi connectivity index (χ2v) is 9.13. The summed E-state index contributed by atoms with van der Waals surface area (Å²) in [5.41, 5.74) is 2.27. The minimum Gasteiger partial charge on any atom is -0.490 e. The van der Waals surface area contributed by atoms with E-state index >= 15 is 0 Å². The highest BCUT2D eigenvalue weighted by molar-refractivity contribution is 7.56. The van der Waals surface area contributed by atoms with Crippen molar-refractivity contribution in [2.75, 3.05) is 0 Å². The third kappa shape index (κ3) is 6.12. The van der Waals surface area contributed by atoms with E-state index in [9.17, 15) is 0 Å². The van der Waals surface area contributed by atoms with Crippen molar-refractivity contribution >= 4 is 26.5 Å². The minimum absolute atomic E-state index is 0.399. The average Bonchev–Trinajstić information content (AvgIpc) is 2.92. The molecule has 1 unspecified atom stereocenters. The second kappa shape index (κ2) is 11.4. The lowest BCUT2D eigenvalue weighted by atomic mass is 10.0. The Balaban J connectivity index is 1.52. The summed E-state index contributed by atoms with van der Waals surface area (Å²) in [5, 5.41) is 2.33. The van der Waals surface area contributed by atoms with E-state index in [2.05, 4.69) is 54.6 Å². The van der Waals surface area contributed by atoms with Gasteiger partial charge in [-0.05, 0) is 46.8 Å². The molecule has 0 bridgehead atoms. The van der Waals surface area contributed by atoms with Crippen molar-refractivity contribution in [3.63, 3.8) is 0 Å². The fourth-order valence-corrected chi connectivity index (χ4v) is 4.95. The van der Waals surface area contributed by atoms with Crippen LogP contribution in [0.1, 0.15) is 0 Å². The van der Waals surface area contributed by atoms with Gasteiger partial charge in [-0.3, -0.25) is 0 Å². The van der Waals surface area contributed by atoms with Gasteiger partial charge in [0.15, 0.2) is 0 Å². The van der Waals surface area contributed by atoms with E-state index in [0.29, 0.717) is 20.1 Å². The molecule has 0 spiro atoms. The molecule has 1 atom stereocenters. The van der Waals surface area contributed by atoms with Crippen molar-refractivity contribution in [2.45, 2.75) is 0 Å². The highest BCUT2D eigenvalue weighted by atomic mass is 31.1. The third-order valence-corrected chi connectivity index (χ3v) is 6.72. The molecule has 5 heteroatoms. The number of para-hydroxylation sites is 2. The molecule has 0 fully saturated rings. The molecule has 0 N–H and O–H groups in total. The lowest BCUT2D eigenvalue weighted by Gasteiger charge is -2.20. The lowest BCUT2D eigenvalue weighted by molar-refractivity contribution is 0.308. The van der Waals surface area contributed by atoms with Crippen LogP contribution >= 0.6 is 8.58 Å². The van der Waals surface area contributed by atoms with Gasteiger partial charge in [-0.25, -0.2) is 0 Å². The number of rotatable bonds is 9. The van der Waals surface area contributed by atoms with Gasteiger partial charge in [-0.1, -0.05) is 118 Å². The maximum Gasteiger partial charge on any atom is 0.864 e. The first-order chi connectivity index (χ1) is 17.3. The zero-order valence-electron chi connectivity index (χ0n) is 19.1. The molecule has 0 saturated heterocycles. The number of hydrogen-bond acceptors (Lipinski definition) is 3. The Hall–Kier alpha value is -4.01. The normalized spacial score (nSPS) is 10.7. The summed E-state index contributed by atoms with van der Waals surface area (Å²) in [6.07, 6.45) is 0. The summed E-state index contributed by atoms with van der Waals surface area (Å²) in [6, 6.07) is 46.1. The Morgan fingerprint density at radius 1 is 0.457 bits per heavy atom. The molecule has 5 rings (SSSR count). The first-order valence-electron chi connectivity index (χ1n) is 11.5. The predicted octanol–water partition coefficient (Wildman–Crippen LogP) is 6.50. The third-order valence-electron chi connectivity index (χ3n) is 5.33. The summed E-state index contributed by atoms with van der Waals surface area (Å²) >= 11 is 0. The zero-order chi connectivity index (χ0) is 23.7. The average molecular weight is 474 g/mol. The molecule has 5 aromatic carbocycles. The van der Waals surface area contributed by atoms with Gasteiger partial charge < -0.3 is 14.0 Å². The van der Waals surface area contributed by atoms with Gasteiger partial charge in [0.2, 0.25) is 0 Å². The van der Waals surface area contributed by atoms with Crippen LogP contribution in [-0.4, -0.2) is 7.32 Å². The van der Waals surface area contributed by atoms with Crippen LogP contribution in [0.5, 0.6) is 17.2 Å². The summed E-state index contributed by atoms with van der Waals surface area (Å²) in [7, 11) is -0.568. The van der Waals surface area contributed by atoms with Crippen molar-refractivity contribution in [3.8, 4) is 28.4 Å². The standard InChI is InChI=1S/C30H24BO3P/c1-5-14-24(15-6-1)28-22-13-23-29(30(28)35-27-20-11-4-12-21-27)34-31(32-25-16-7-2-8-17-25)33-26-18-9-3-10-19-26/h1-23,35H. The Labute approximate surface area is 208 Å². The van der Waals surface area contributed by atoms with Crippen molar-refractivity contribution in [3.05, 3.63) is 140 Å². The van der Waals surface area contributed by atoms with Crippen molar-refractivity contribution < 1.29 is 14.0 Å². The molecule has 0 aliphatic heterocycles. The summed E-state index contributed by atoms with van der Waals surface area (Å²) in [4.78, 5) is 0. The highest BCUT2D eigenvalue weighted by Gasteiger charge is 2.31. The molecule has 0 amide bonds. The van der Waals surface area contributed by atoms with Crippen LogP contribution in [0.4, 0.5) is 0 Å². The molecule has 35 heavy (non-hydrogen) atoms. The SMILES string of the molecule is c1ccc(OB(Oc2ccccc2)Oc2cccc(-c3ccccc3)c2Pc2ccccc2)cc1. The molecule has 170 valence electrons. The Morgan fingerprint density at radius 2 is 0.971 bits per heavy atom. The molecule has 0 aromatic heterocycles. The number of benzene rings is 5. The van der Waals surface area contributed by atoms with E-state index in [1.165, 1.54) is 5.30 Å². The van der Waals surface area contributed by atoms with Gasteiger partial charge in [0.25, 0.3) is 0 Å². The Bertz CT molecular complexity index is 1290. The largest absolute Gasteiger partial charge is 0.864 e. The molecule has 0 aliphatic carbocycles. The van der Waals surface area contributed by atoms with Gasteiger partial charge >= 0.3 is 7.32 Å². The first kappa shape index (κ1) is 22.8. The zero-order valence-corrected chi connectivity index (χ0v) is 20.1. The molecule has 3 nitrogen and oxygen atoms in total. The second-order valence-electron chi connectivity index (χ2n) is 7.80.